The van der Waals surface area contributed by atoms with Crippen LogP contribution in [0.3, 0.4) is 0 Å². The predicted octanol–water partition coefficient (Wildman–Crippen LogP) is 5.84. The number of benzene rings is 1. The van der Waals surface area contributed by atoms with Gasteiger partial charge in [-0.1, -0.05) is 34.8 Å². The van der Waals surface area contributed by atoms with Crippen LogP contribution in [0.2, 0.25) is 13.7 Å². The Morgan fingerprint density at radius 2 is 1.95 bits per heavy atom. The van der Waals surface area contributed by atoms with Crippen LogP contribution in [0.5, 0.6) is 0 Å². The number of rotatable bonds is 4. The van der Waals surface area contributed by atoms with Gasteiger partial charge in [0.15, 0.2) is 0 Å². The Bertz CT molecular complexity index is 672. The second-order valence-electron chi connectivity index (χ2n) is 4.52. The Kier molecular flexibility index (Phi) is 5.38. The first-order chi connectivity index (χ1) is 9.86. The molecule has 0 aliphatic carbocycles. The van der Waals surface area contributed by atoms with Crippen molar-refractivity contribution in [2.75, 3.05) is 10.6 Å². The molecule has 0 bridgehead atoms. The lowest BCUT2D eigenvalue weighted by Crippen LogP contribution is -2.08. The van der Waals surface area contributed by atoms with E-state index in [1.54, 1.807) is 12.1 Å². The molecular formula is C14H13Cl3N2OS. The fraction of sp³-hybridized carbons (Fsp3) is 0.214. The van der Waals surface area contributed by atoms with Gasteiger partial charge in [-0.05, 0) is 31.2 Å². The molecular weight excluding hydrogens is 351 g/mol. The van der Waals surface area contributed by atoms with Crippen LogP contribution in [-0.4, -0.2) is 5.91 Å². The van der Waals surface area contributed by atoms with Crippen LogP contribution >= 0.6 is 46.1 Å². The number of nitrogens with one attached hydrogen (secondary N) is 2. The van der Waals surface area contributed by atoms with Crippen LogP contribution in [0.25, 0.3) is 0 Å². The van der Waals surface area contributed by atoms with E-state index in [9.17, 15) is 4.79 Å². The smallest absolute Gasteiger partial charge is 0.221 e. The van der Waals surface area contributed by atoms with Crippen molar-refractivity contribution < 1.29 is 4.79 Å². The molecule has 2 rings (SSSR count). The third-order valence-electron chi connectivity index (χ3n) is 2.81. The SMILES string of the molecule is CC(=O)Nc1ccc(NC(C)c2cc(Cl)sc2Cl)cc1Cl. The van der Waals surface area contributed by atoms with E-state index >= 15 is 0 Å². The Morgan fingerprint density at radius 3 is 2.48 bits per heavy atom. The minimum absolute atomic E-state index is 0.0102. The molecule has 2 aromatic rings. The molecule has 3 nitrogen and oxygen atoms in total. The molecule has 1 atom stereocenters. The summed E-state index contributed by atoms with van der Waals surface area (Å²) >= 11 is 19.6. The fourth-order valence-corrected chi connectivity index (χ4v) is 3.75. The maximum absolute atomic E-state index is 11.0. The van der Waals surface area contributed by atoms with Crippen LogP contribution in [-0.2, 0) is 4.79 Å². The van der Waals surface area contributed by atoms with Crippen molar-refractivity contribution in [3.05, 3.63) is 43.5 Å². The van der Waals surface area contributed by atoms with Gasteiger partial charge in [-0.3, -0.25) is 4.79 Å². The lowest BCUT2D eigenvalue weighted by molar-refractivity contribution is -0.114. The second-order valence-corrected chi connectivity index (χ2v) is 7.21. The van der Waals surface area contributed by atoms with Crippen molar-refractivity contribution in [3.63, 3.8) is 0 Å². The Hall–Kier alpha value is -0.940. The first-order valence-corrected chi connectivity index (χ1v) is 8.10. The number of hydrogen-bond acceptors (Lipinski definition) is 3. The van der Waals surface area contributed by atoms with Crippen molar-refractivity contribution in [2.45, 2.75) is 19.9 Å². The largest absolute Gasteiger partial charge is 0.378 e. The van der Waals surface area contributed by atoms with Crippen LogP contribution in [0.1, 0.15) is 25.5 Å². The molecule has 112 valence electrons. The number of amides is 1. The van der Waals surface area contributed by atoms with Crippen molar-refractivity contribution in [1.82, 2.24) is 0 Å². The highest BCUT2D eigenvalue weighted by molar-refractivity contribution is 7.20. The summed E-state index contributed by atoms with van der Waals surface area (Å²) in [5.41, 5.74) is 2.35. The van der Waals surface area contributed by atoms with Gasteiger partial charge in [-0.2, -0.15) is 0 Å². The standard InChI is InChI=1S/C14H13Cl3N2OS/c1-7(10-6-13(16)21-14(10)17)18-9-3-4-12(11(15)5-9)19-8(2)20/h3-7,18H,1-2H3,(H,19,20). The number of halogens is 3. The van der Waals surface area contributed by atoms with Gasteiger partial charge in [-0.15, -0.1) is 11.3 Å². The maximum Gasteiger partial charge on any atom is 0.221 e. The van der Waals surface area contributed by atoms with Gasteiger partial charge < -0.3 is 10.6 Å². The number of hydrogen-bond donors (Lipinski definition) is 2. The van der Waals surface area contributed by atoms with E-state index in [4.69, 9.17) is 34.8 Å². The van der Waals surface area contributed by atoms with Crippen molar-refractivity contribution >= 4 is 63.4 Å². The molecule has 1 amide bonds. The van der Waals surface area contributed by atoms with Crippen LogP contribution < -0.4 is 10.6 Å². The predicted molar refractivity (Wildman–Crippen MR) is 92.1 cm³/mol. The van der Waals surface area contributed by atoms with Gasteiger partial charge in [0.1, 0.15) is 0 Å². The molecule has 0 spiro atoms. The number of carbonyl (C=O) groups excluding carboxylic acids is 1. The normalized spacial score (nSPS) is 12.0. The molecule has 0 aliphatic heterocycles. The monoisotopic (exact) mass is 362 g/mol. The molecule has 7 heteroatoms. The molecule has 0 saturated carbocycles. The summed E-state index contributed by atoms with van der Waals surface area (Å²) in [6, 6.07) is 7.19. The van der Waals surface area contributed by atoms with Gasteiger partial charge in [0.05, 0.1) is 25.4 Å². The lowest BCUT2D eigenvalue weighted by atomic mass is 10.1. The maximum atomic E-state index is 11.0. The third kappa shape index (κ3) is 4.27. The topological polar surface area (TPSA) is 41.1 Å². The molecule has 1 heterocycles. The van der Waals surface area contributed by atoms with E-state index in [-0.39, 0.29) is 11.9 Å². The molecule has 1 unspecified atom stereocenters. The molecule has 0 radical (unpaired) electrons. The van der Waals surface area contributed by atoms with Gasteiger partial charge in [0.25, 0.3) is 0 Å². The summed E-state index contributed by atoms with van der Waals surface area (Å²) in [6.07, 6.45) is 0. The molecule has 1 aromatic carbocycles. The Morgan fingerprint density at radius 1 is 1.24 bits per heavy atom. The number of carbonyl (C=O) groups is 1. The summed E-state index contributed by atoms with van der Waals surface area (Å²) in [5, 5.41) is 6.43. The van der Waals surface area contributed by atoms with E-state index in [1.807, 2.05) is 19.1 Å². The first-order valence-electron chi connectivity index (χ1n) is 6.15. The van der Waals surface area contributed by atoms with Crippen LogP contribution in [0.4, 0.5) is 11.4 Å². The minimum atomic E-state index is -0.161. The molecule has 0 saturated heterocycles. The second kappa shape index (κ2) is 6.88. The Balaban J connectivity index is 2.14. The fourth-order valence-electron chi connectivity index (χ4n) is 1.87. The molecule has 1 aromatic heterocycles. The van der Waals surface area contributed by atoms with Crippen LogP contribution in [0, 0.1) is 0 Å². The average Bonchev–Trinajstić information content (AvgIpc) is 2.71. The molecule has 21 heavy (non-hydrogen) atoms. The highest BCUT2D eigenvalue weighted by Crippen LogP contribution is 2.36. The van der Waals surface area contributed by atoms with Crippen molar-refractivity contribution in [2.24, 2.45) is 0 Å². The lowest BCUT2D eigenvalue weighted by Gasteiger charge is -2.16. The van der Waals surface area contributed by atoms with Gasteiger partial charge >= 0.3 is 0 Å². The molecule has 0 aliphatic rings. The summed E-state index contributed by atoms with van der Waals surface area (Å²) in [5.74, 6) is -0.161. The number of thiophene rings is 1. The highest BCUT2D eigenvalue weighted by atomic mass is 35.5. The average molecular weight is 364 g/mol. The van der Waals surface area contributed by atoms with Crippen LogP contribution in [0.15, 0.2) is 24.3 Å². The van der Waals surface area contributed by atoms with Gasteiger partial charge in [-0.25, -0.2) is 0 Å². The number of anilines is 2. The zero-order chi connectivity index (χ0) is 15.6. The summed E-state index contributed by atoms with van der Waals surface area (Å²) in [7, 11) is 0. The van der Waals surface area contributed by atoms with Crippen molar-refractivity contribution in [3.8, 4) is 0 Å². The van der Waals surface area contributed by atoms with Gasteiger partial charge in [0.2, 0.25) is 5.91 Å². The first kappa shape index (κ1) is 16.4. The van der Waals surface area contributed by atoms with E-state index in [2.05, 4.69) is 10.6 Å². The summed E-state index contributed by atoms with van der Waals surface area (Å²) < 4.78 is 1.32. The quantitative estimate of drug-likeness (QED) is 0.716. The summed E-state index contributed by atoms with van der Waals surface area (Å²) in [6.45, 7) is 3.42. The highest BCUT2D eigenvalue weighted by Gasteiger charge is 2.14. The van der Waals surface area contributed by atoms with Crippen molar-refractivity contribution in [1.29, 1.82) is 0 Å². The molecule has 2 N–H and O–H groups in total. The third-order valence-corrected chi connectivity index (χ3v) is 4.64. The zero-order valence-corrected chi connectivity index (χ0v) is 14.4. The summed E-state index contributed by atoms with van der Waals surface area (Å²) in [4.78, 5) is 11.0. The Labute approximate surface area is 142 Å². The van der Waals surface area contributed by atoms with E-state index in [0.29, 0.717) is 19.4 Å². The zero-order valence-electron chi connectivity index (χ0n) is 11.3. The van der Waals surface area contributed by atoms with Gasteiger partial charge in [0, 0.05) is 18.2 Å². The minimum Gasteiger partial charge on any atom is -0.378 e. The van der Waals surface area contributed by atoms with E-state index in [1.165, 1.54) is 18.3 Å². The van der Waals surface area contributed by atoms with E-state index in [0.717, 1.165) is 11.3 Å². The van der Waals surface area contributed by atoms with E-state index < -0.39 is 0 Å². The molecule has 0 fully saturated rings.